The van der Waals surface area contributed by atoms with Crippen LogP contribution < -0.4 is 11.2 Å². The first-order chi connectivity index (χ1) is 12.8. The minimum absolute atomic E-state index is 0. The molecule has 3 rings (SSSR count). The lowest BCUT2D eigenvalue weighted by atomic mass is 9.90. The summed E-state index contributed by atoms with van der Waals surface area (Å²) < 4.78 is 1.27. The van der Waals surface area contributed by atoms with Gasteiger partial charge in [-0.15, -0.1) is 12.4 Å². The topological polar surface area (TPSA) is 124 Å². The number of benzene rings is 1. The van der Waals surface area contributed by atoms with Crippen LogP contribution >= 0.6 is 12.4 Å². The van der Waals surface area contributed by atoms with Crippen molar-refractivity contribution in [1.82, 2.24) is 14.7 Å². The first kappa shape index (κ1) is 21.5. The normalized spacial score (nSPS) is 18.6. The van der Waals surface area contributed by atoms with Crippen molar-refractivity contribution < 1.29 is 9.72 Å². The molecule has 1 aliphatic heterocycles. The number of amides is 1. The van der Waals surface area contributed by atoms with Crippen LogP contribution in [0.15, 0.2) is 35.1 Å². The number of carbonyl (C=O) groups excluding carboxylic acids is 1. The summed E-state index contributed by atoms with van der Waals surface area (Å²) in [5, 5.41) is 15.5. The highest BCUT2D eigenvalue weighted by Gasteiger charge is 2.36. The number of aryl methyl sites for hydroxylation is 1. The summed E-state index contributed by atoms with van der Waals surface area (Å²) in [5.74, 6) is -0.482. The molecule has 0 bridgehead atoms. The third-order valence-corrected chi connectivity index (χ3v) is 4.95. The molecule has 28 heavy (non-hydrogen) atoms. The molecule has 1 saturated heterocycles. The number of likely N-dealkylation sites (tertiary alicyclic amines) is 1. The molecule has 0 spiro atoms. The minimum atomic E-state index is -0.525. The molecule has 1 aliphatic rings. The molecule has 10 heteroatoms. The zero-order valence-electron chi connectivity index (χ0n) is 15.6. The third kappa shape index (κ3) is 3.90. The number of nitro groups is 1. The number of aromatic nitrogens is 2. The maximum Gasteiger partial charge on any atom is 0.294 e. The van der Waals surface area contributed by atoms with Crippen LogP contribution in [0.3, 0.4) is 0 Å². The second-order valence-corrected chi connectivity index (χ2v) is 7.15. The SMILES string of the molecule is Cc1cc(=O)c(C(=O)N2CCC(C)(CN)C2)nn1-c1ccccc1[N+](=O)[O-].Cl. The molecule has 150 valence electrons. The van der Waals surface area contributed by atoms with E-state index in [0.29, 0.717) is 25.3 Å². The van der Waals surface area contributed by atoms with Gasteiger partial charge in [-0.3, -0.25) is 19.7 Å². The number of carbonyl (C=O) groups is 1. The Morgan fingerprint density at radius 3 is 2.68 bits per heavy atom. The number of nitrogens with zero attached hydrogens (tertiary/aromatic N) is 4. The van der Waals surface area contributed by atoms with Crippen molar-refractivity contribution in [2.45, 2.75) is 20.3 Å². The van der Waals surface area contributed by atoms with Gasteiger partial charge in [0.1, 0.15) is 5.69 Å². The fraction of sp³-hybridized carbons (Fsp3) is 0.389. The number of hydrogen-bond acceptors (Lipinski definition) is 6. The van der Waals surface area contributed by atoms with Gasteiger partial charge in [0.15, 0.2) is 5.69 Å². The Bertz CT molecular complexity index is 977. The smallest absolute Gasteiger partial charge is 0.294 e. The molecule has 1 fully saturated rings. The Morgan fingerprint density at radius 1 is 1.39 bits per heavy atom. The van der Waals surface area contributed by atoms with Crippen molar-refractivity contribution in [3.8, 4) is 5.69 Å². The average Bonchev–Trinajstić information content (AvgIpc) is 3.04. The van der Waals surface area contributed by atoms with Crippen molar-refractivity contribution >= 4 is 24.0 Å². The highest BCUT2D eigenvalue weighted by Crippen LogP contribution is 2.29. The van der Waals surface area contributed by atoms with Crippen molar-refractivity contribution in [1.29, 1.82) is 0 Å². The molecule has 2 heterocycles. The Hall–Kier alpha value is -2.78. The van der Waals surface area contributed by atoms with E-state index in [4.69, 9.17) is 5.73 Å². The summed E-state index contributed by atoms with van der Waals surface area (Å²) >= 11 is 0. The van der Waals surface area contributed by atoms with Gasteiger partial charge in [0.2, 0.25) is 5.43 Å². The van der Waals surface area contributed by atoms with E-state index in [0.717, 1.165) is 6.42 Å². The molecule has 1 atom stereocenters. The van der Waals surface area contributed by atoms with Gasteiger partial charge in [-0.1, -0.05) is 19.1 Å². The van der Waals surface area contributed by atoms with Crippen LogP contribution in [0.5, 0.6) is 0 Å². The number of hydrogen-bond donors (Lipinski definition) is 1. The number of rotatable bonds is 4. The third-order valence-electron chi connectivity index (χ3n) is 4.95. The van der Waals surface area contributed by atoms with Gasteiger partial charge in [-0.05, 0) is 31.4 Å². The number of nitrogens with two attached hydrogens (primary N) is 1. The molecular formula is C18H22ClN5O4. The summed E-state index contributed by atoms with van der Waals surface area (Å²) in [7, 11) is 0. The lowest BCUT2D eigenvalue weighted by molar-refractivity contribution is -0.384. The molecule has 0 aliphatic carbocycles. The van der Waals surface area contributed by atoms with Crippen molar-refractivity contribution in [3.63, 3.8) is 0 Å². The summed E-state index contributed by atoms with van der Waals surface area (Å²) in [5.41, 5.74) is 5.28. The first-order valence-corrected chi connectivity index (χ1v) is 8.60. The summed E-state index contributed by atoms with van der Waals surface area (Å²) in [4.78, 5) is 37.6. The van der Waals surface area contributed by atoms with Crippen molar-refractivity contribution in [2.24, 2.45) is 11.1 Å². The fourth-order valence-electron chi connectivity index (χ4n) is 3.25. The van der Waals surface area contributed by atoms with Crippen LogP contribution in [0, 0.1) is 22.5 Å². The van der Waals surface area contributed by atoms with E-state index >= 15 is 0 Å². The zero-order valence-corrected chi connectivity index (χ0v) is 16.4. The van der Waals surface area contributed by atoms with Gasteiger partial charge >= 0.3 is 0 Å². The highest BCUT2D eigenvalue weighted by molar-refractivity contribution is 5.92. The summed E-state index contributed by atoms with van der Waals surface area (Å²) in [6.45, 7) is 4.99. The molecule has 1 aromatic heterocycles. The Balaban J connectivity index is 0.00000280. The molecule has 1 aromatic carbocycles. The second-order valence-electron chi connectivity index (χ2n) is 7.15. The molecule has 0 radical (unpaired) electrons. The van der Waals surface area contributed by atoms with E-state index in [1.165, 1.54) is 22.9 Å². The molecule has 0 saturated carbocycles. The Kier molecular flexibility index (Phi) is 6.20. The van der Waals surface area contributed by atoms with Crippen LogP contribution in [-0.4, -0.2) is 45.1 Å². The van der Waals surface area contributed by atoms with Gasteiger partial charge in [0.25, 0.3) is 11.6 Å². The molecule has 9 nitrogen and oxygen atoms in total. The number of halogens is 1. The standard InChI is InChI=1S/C18H21N5O4.ClH/c1-12-9-15(24)16(17(25)21-8-7-18(2,10-19)11-21)20-22(12)13-5-3-4-6-14(13)23(26)27;/h3-6,9H,7-8,10-11,19H2,1-2H3;1H. The fourth-order valence-corrected chi connectivity index (χ4v) is 3.25. The van der Waals surface area contributed by atoms with Gasteiger partial charge in [0.05, 0.1) is 4.92 Å². The molecule has 1 amide bonds. The summed E-state index contributed by atoms with van der Waals surface area (Å²) in [6, 6.07) is 7.33. The van der Waals surface area contributed by atoms with E-state index in [2.05, 4.69) is 5.10 Å². The molecule has 2 aromatic rings. The monoisotopic (exact) mass is 407 g/mol. The molecular weight excluding hydrogens is 386 g/mol. The van der Waals surface area contributed by atoms with Crippen LogP contribution in [-0.2, 0) is 0 Å². The predicted molar refractivity (Wildman–Crippen MR) is 106 cm³/mol. The quantitative estimate of drug-likeness (QED) is 0.607. The van der Waals surface area contributed by atoms with Gasteiger partial charge < -0.3 is 10.6 Å². The number of nitro benzene ring substituents is 1. The summed E-state index contributed by atoms with van der Waals surface area (Å²) in [6.07, 6.45) is 0.749. The highest BCUT2D eigenvalue weighted by atomic mass is 35.5. The first-order valence-electron chi connectivity index (χ1n) is 8.60. The van der Waals surface area contributed by atoms with E-state index in [-0.39, 0.29) is 34.9 Å². The van der Waals surface area contributed by atoms with Crippen LogP contribution in [0.4, 0.5) is 5.69 Å². The van der Waals surface area contributed by atoms with E-state index < -0.39 is 16.3 Å². The van der Waals surface area contributed by atoms with Crippen LogP contribution in [0.1, 0.15) is 29.5 Å². The van der Waals surface area contributed by atoms with Gasteiger partial charge in [-0.2, -0.15) is 5.10 Å². The lowest BCUT2D eigenvalue weighted by Gasteiger charge is -2.22. The lowest BCUT2D eigenvalue weighted by Crippen LogP contribution is -2.37. The van der Waals surface area contributed by atoms with Gasteiger partial charge in [-0.25, -0.2) is 4.68 Å². The maximum absolute atomic E-state index is 12.9. The van der Waals surface area contributed by atoms with E-state index in [9.17, 15) is 19.7 Å². The van der Waals surface area contributed by atoms with Gasteiger partial charge in [0, 0.05) is 30.9 Å². The Morgan fingerprint density at radius 2 is 2.07 bits per heavy atom. The molecule has 2 N–H and O–H groups in total. The average molecular weight is 408 g/mol. The number of para-hydroxylation sites is 2. The van der Waals surface area contributed by atoms with Crippen LogP contribution in [0.2, 0.25) is 0 Å². The molecule has 1 unspecified atom stereocenters. The van der Waals surface area contributed by atoms with Crippen LogP contribution in [0.25, 0.3) is 5.69 Å². The minimum Gasteiger partial charge on any atom is -0.337 e. The largest absolute Gasteiger partial charge is 0.337 e. The second kappa shape index (κ2) is 8.07. The maximum atomic E-state index is 12.9. The Labute approximate surface area is 167 Å². The zero-order chi connectivity index (χ0) is 19.8. The van der Waals surface area contributed by atoms with Crippen molar-refractivity contribution in [2.75, 3.05) is 19.6 Å². The predicted octanol–water partition coefficient (Wildman–Crippen LogP) is 1.68. The van der Waals surface area contributed by atoms with E-state index in [1.54, 1.807) is 24.0 Å². The van der Waals surface area contributed by atoms with E-state index in [1.807, 2.05) is 6.92 Å². The van der Waals surface area contributed by atoms with Crippen molar-refractivity contribution in [3.05, 3.63) is 62.1 Å².